The Labute approximate surface area is 280 Å². The number of anilines is 1. The predicted octanol–water partition coefficient (Wildman–Crippen LogP) is 6.75. The smallest absolute Gasteiger partial charge is 0.264 e. The lowest BCUT2D eigenvalue weighted by Gasteiger charge is -2.34. The largest absolute Gasteiger partial charge is 0.492 e. The molecule has 0 bridgehead atoms. The number of halogens is 2. The molecule has 4 rings (SSSR count). The minimum Gasteiger partial charge on any atom is -0.492 e. The van der Waals surface area contributed by atoms with Gasteiger partial charge in [0, 0.05) is 29.1 Å². The Morgan fingerprint density at radius 1 is 0.848 bits per heavy atom. The number of nitrogens with one attached hydrogen (secondary N) is 1. The number of rotatable bonds is 14. The molecule has 8 nitrogen and oxygen atoms in total. The Hall–Kier alpha value is -4.05. The quantitative estimate of drug-likeness (QED) is 0.159. The number of carbonyl (C=O) groups excluding carboxylic acids is 2. The Balaban J connectivity index is 1.85. The number of benzene rings is 4. The zero-order valence-corrected chi connectivity index (χ0v) is 28.2. The third-order valence-corrected chi connectivity index (χ3v) is 9.51. The van der Waals surface area contributed by atoms with Crippen molar-refractivity contribution in [2.45, 2.75) is 50.7 Å². The summed E-state index contributed by atoms with van der Waals surface area (Å²) in [5.41, 5.74) is 1.61. The number of para-hydroxylation sites is 2. The van der Waals surface area contributed by atoms with E-state index in [0.717, 1.165) is 9.87 Å². The van der Waals surface area contributed by atoms with E-state index in [1.165, 1.54) is 29.2 Å². The molecule has 0 aromatic heterocycles. The van der Waals surface area contributed by atoms with Gasteiger partial charge in [0.2, 0.25) is 11.8 Å². The number of hydrogen-bond donors (Lipinski definition) is 1. The minimum atomic E-state index is -4.32. The van der Waals surface area contributed by atoms with Gasteiger partial charge in [-0.05, 0) is 74.4 Å². The summed E-state index contributed by atoms with van der Waals surface area (Å²) >= 11 is 12.6. The zero-order valence-electron chi connectivity index (χ0n) is 25.9. The van der Waals surface area contributed by atoms with Crippen LogP contribution >= 0.6 is 23.2 Å². The van der Waals surface area contributed by atoms with Gasteiger partial charge in [-0.25, -0.2) is 8.42 Å². The van der Waals surface area contributed by atoms with Gasteiger partial charge in [0.05, 0.1) is 17.2 Å². The SMILES string of the molecule is CCOc1ccccc1N(CC(=O)N(Cc1ccccc1Cl)C(Cc1ccccc1)C(=O)NC(C)C)S(=O)(=O)c1ccc(Cl)cc1. The van der Waals surface area contributed by atoms with Crippen molar-refractivity contribution in [2.24, 2.45) is 0 Å². The predicted molar refractivity (Wildman–Crippen MR) is 183 cm³/mol. The van der Waals surface area contributed by atoms with E-state index in [1.54, 1.807) is 55.5 Å². The summed E-state index contributed by atoms with van der Waals surface area (Å²) in [7, 11) is -4.32. The summed E-state index contributed by atoms with van der Waals surface area (Å²) < 4.78 is 35.3. The van der Waals surface area contributed by atoms with Crippen molar-refractivity contribution in [3.05, 3.63) is 124 Å². The van der Waals surface area contributed by atoms with Crippen LogP contribution in [0, 0.1) is 0 Å². The lowest BCUT2D eigenvalue weighted by molar-refractivity contribution is -0.140. The van der Waals surface area contributed by atoms with Crippen LogP contribution < -0.4 is 14.4 Å². The third-order valence-electron chi connectivity index (χ3n) is 7.11. The monoisotopic (exact) mass is 681 g/mol. The molecule has 11 heteroatoms. The van der Waals surface area contributed by atoms with E-state index in [-0.39, 0.29) is 47.9 Å². The third kappa shape index (κ3) is 8.81. The summed E-state index contributed by atoms with van der Waals surface area (Å²) in [5.74, 6) is -0.698. The number of nitrogens with zero attached hydrogens (tertiary/aromatic N) is 2. The summed E-state index contributed by atoms with van der Waals surface area (Å²) in [6.45, 7) is 5.06. The molecular weight excluding hydrogens is 645 g/mol. The molecule has 0 spiro atoms. The molecule has 1 unspecified atom stereocenters. The highest BCUT2D eigenvalue weighted by Gasteiger charge is 2.36. The van der Waals surface area contributed by atoms with Crippen LogP contribution in [0.1, 0.15) is 31.9 Å². The summed E-state index contributed by atoms with van der Waals surface area (Å²) in [4.78, 5) is 29.8. The van der Waals surface area contributed by atoms with Gasteiger partial charge in [0.15, 0.2) is 0 Å². The molecule has 0 radical (unpaired) electrons. The molecule has 1 N–H and O–H groups in total. The number of carbonyl (C=O) groups is 2. The van der Waals surface area contributed by atoms with Gasteiger partial charge >= 0.3 is 0 Å². The number of hydrogen-bond acceptors (Lipinski definition) is 5. The molecule has 0 aliphatic rings. The summed E-state index contributed by atoms with van der Waals surface area (Å²) in [6, 6.07) is 27.5. The molecule has 2 amide bonds. The van der Waals surface area contributed by atoms with Crippen LogP contribution in [0.25, 0.3) is 0 Å². The van der Waals surface area contributed by atoms with Crippen molar-refractivity contribution in [3.8, 4) is 5.75 Å². The highest BCUT2D eigenvalue weighted by atomic mass is 35.5. The lowest BCUT2D eigenvalue weighted by Crippen LogP contribution is -2.54. The fourth-order valence-electron chi connectivity index (χ4n) is 4.93. The van der Waals surface area contributed by atoms with Gasteiger partial charge in [-0.3, -0.25) is 13.9 Å². The lowest BCUT2D eigenvalue weighted by atomic mass is 10.0. The summed E-state index contributed by atoms with van der Waals surface area (Å²) in [5, 5.41) is 3.72. The second-order valence-electron chi connectivity index (χ2n) is 10.8. The molecule has 0 saturated heterocycles. The zero-order chi connectivity index (χ0) is 33.3. The number of sulfonamides is 1. The Morgan fingerprint density at radius 3 is 2.13 bits per heavy atom. The van der Waals surface area contributed by atoms with Crippen LogP contribution in [0.2, 0.25) is 10.0 Å². The van der Waals surface area contributed by atoms with Crippen molar-refractivity contribution >= 4 is 50.7 Å². The Kier molecular flexibility index (Phi) is 12.1. The first-order chi connectivity index (χ1) is 22.0. The maximum atomic E-state index is 14.6. The van der Waals surface area contributed by atoms with Gasteiger partial charge in [0.1, 0.15) is 18.3 Å². The van der Waals surface area contributed by atoms with Crippen LogP contribution in [0.3, 0.4) is 0 Å². The molecular formula is C35H37Cl2N3O5S. The average Bonchev–Trinajstić information content (AvgIpc) is 3.03. The van der Waals surface area contributed by atoms with Gasteiger partial charge in [-0.1, -0.05) is 83.9 Å². The normalized spacial score (nSPS) is 12.0. The van der Waals surface area contributed by atoms with Crippen LogP contribution in [-0.2, 0) is 32.6 Å². The van der Waals surface area contributed by atoms with Crippen molar-refractivity contribution in [1.82, 2.24) is 10.2 Å². The van der Waals surface area contributed by atoms with Crippen molar-refractivity contribution in [2.75, 3.05) is 17.5 Å². The maximum absolute atomic E-state index is 14.6. The van der Waals surface area contributed by atoms with E-state index in [4.69, 9.17) is 27.9 Å². The van der Waals surface area contributed by atoms with Crippen molar-refractivity contribution in [3.63, 3.8) is 0 Å². The fraction of sp³-hybridized carbons (Fsp3) is 0.257. The Morgan fingerprint density at radius 2 is 1.48 bits per heavy atom. The molecule has 0 saturated carbocycles. The van der Waals surface area contributed by atoms with E-state index in [2.05, 4.69) is 5.32 Å². The number of ether oxygens (including phenoxy) is 1. The minimum absolute atomic E-state index is 0.0382. The highest BCUT2D eigenvalue weighted by molar-refractivity contribution is 7.92. The highest BCUT2D eigenvalue weighted by Crippen LogP contribution is 2.33. The van der Waals surface area contributed by atoms with Crippen molar-refractivity contribution in [1.29, 1.82) is 0 Å². The molecule has 0 fully saturated rings. The standard InChI is InChI=1S/C35H37Cl2N3O5S/c1-4-45-33-17-11-10-16-31(33)40(46(43,44)29-20-18-28(36)19-21-29)24-34(41)39(23-27-14-8-9-15-30(27)37)32(35(42)38-25(2)3)22-26-12-6-5-7-13-26/h5-21,25,32H,4,22-24H2,1-3H3,(H,38,42). The van der Waals surface area contributed by atoms with Crippen LogP contribution in [-0.4, -0.2) is 50.4 Å². The first-order valence-corrected chi connectivity index (χ1v) is 17.1. The first kappa shape index (κ1) is 34.8. The van der Waals surface area contributed by atoms with Gasteiger partial charge in [-0.2, -0.15) is 0 Å². The molecule has 1 atom stereocenters. The fourth-order valence-corrected chi connectivity index (χ4v) is 6.68. The second-order valence-corrected chi connectivity index (χ2v) is 13.6. The van der Waals surface area contributed by atoms with Crippen LogP contribution in [0.5, 0.6) is 5.75 Å². The van der Waals surface area contributed by atoms with E-state index in [1.807, 2.05) is 44.2 Å². The molecule has 242 valence electrons. The van der Waals surface area contributed by atoms with Crippen molar-refractivity contribution < 1.29 is 22.7 Å². The summed E-state index contributed by atoms with van der Waals surface area (Å²) in [6.07, 6.45) is 0.190. The van der Waals surface area contributed by atoms with Gasteiger partial charge < -0.3 is 15.0 Å². The molecule has 0 heterocycles. The van der Waals surface area contributed by atoms with E-state index in [9.17, 15) is 18.0 Å². The van der Waals surface area contributed by atoms with E-state index < -0.39 is 28.5 Å². The van der Waals surface area contributed by atoms with E-state index >= 15 is 0 Å². The average molecular weight is 683 g/mol. The molecule has 0 aliphatic heterocycles. The topological polar surface area (TPSA) is 96.0 Å². The maximum Gasteiger partial charge on any atom is 0.264 e. The van der Waals surface area contributed by atoms with Crippen LogP contribution in [0.4, 0.5) is 5.69 Å². The molecule has 4 aromatic carbocycles. The first-order valence-electron chi connectivity index (χ1n) is 14.9. The molecule has 0 aliphatic carbocycles. The van der Waals surface area contributed by atoms with E-state index in [0.29, 0.717) is 15.6 Å². The second kappa shape index (κ2) is 16.0. The van der Waals surface area contributed by atoms with Gasteiger partial charge in [-0.15, -0.1) is 0 Å². The van der Waals surface area contributed by atoms with Gasteiger partial charge in [0.25, 0.3) is 10.0 Å². The Bertz CT molecular complexity index is 1730. The molecule has 46 heavy (non-hydrogen) atoms. The molecule has 4 aromatic rings. The van der Waals surface area contributed by atoms with Crippen LogP contribution in [0.15, 0.2) is 108 Å². The number of amides is 2.